The Bertz CT molecular complexity index is 175. The van der Waals surface area contributed by atoms with Crippen LogP contribution in [0.1, 0.15) is 19.8 Å². The van der Waals surface area contributed by atoms with E-state index in [1.165, 1.54) is 0 Å². The fraction of sp³-hybridized carbons (Fsp3) is 0.909. The average molecular weight is 233 g/mol. The molecule has 0 aliphatic carbocycles. The summed E-state index contributed by atoms with van der Waals surface area (Å²) in [6, 6.07) is 0. The van der Waals surface area contributed by atoms with E-state index in [0.29, 0.717) is 32.8 Å². The molecule has 96 valence electrons. The van der Waals surface area contributed by atoms with Crippen molar-refractivity contribution in [3.8, 4) is 0 Å². The third-order valence-electron chi connectivity index (χ3n) is 2.10. The second-order valence-corrected chi connectivity index (χ2v) is 3.45. The van der Waals surface area contributed by atoms with E-state index in [2.05, 4.69) is 5.32 Å². The van der Waals surface area contributed by atoms with Crippen molar-refractivity contribution < 1.29 is 19.0 Å². The molecule has 5 nitrogen and oxygen atoms in total. The Morgan fingerprint density at radius 2 is 2.06 bits per heavy atom. The number of amides is 1. The van der Waals surface area contributed by atoms with Crippen LogP contribution in [0.25, 0.3) is 0 Å². The normalized spacial score (nSPS) is 12.4. The van der Waals surface area contributed by atoms with Gasteiger partial charge in [0.05, 0.1) is 13.2 Å². The summed E-state index contributed by atoms with van der Waals surface area (Å²) in [5.74, 6) is 0.0779. The zero-order valence-electron chi connectivity index (χ0n) is 10.5. The van der Waals surface area contributed by atoms with E-state index in [1.54, 1.807) is 14.2 Å². The van der Waals surface area contributed by atoms with Crippen LogP contribution in [-0.4, -0.2) is 52.6 Å². The molecule has 0 radical (unpaired) electrons. The molecule has 0 aliphatic rings. The molecule has 1 amide bonds. The molecule has 0 heterocycles. The third-order valence-corrected chi connectivity index (χ3v) is 2.10. The first-order chi connectivity index (χ1) is 7.74. The monoisotopic (exact) mass is 233 g/mol. The lowest BCUT2D eigenvalue weighted by Crippen LogP contribution is -2.26. The van der Waals surface area contributed by atoms with Crippen molar-refractivity contribution in [3.05, 3.63) is 0 Å². The average Bonchev–Trinajstić information content (AvgIpc) is 2.31. The van der Waals surface area contributed by atoms with Gasteiger partial charge in [0.2, 0.25) is 5.91 Å². The lowest BCUT2D eigenvalue weighted by molar-refractivity contribution is -0.120. The molecule has 1 N–H and O–H groups in total. The molecule has 0 aromatic heterocycles. The molecular weight excluding hydrogens is 210 g/mol. The molecule has 0 bridgehead atoms. The molecule has 0 aliphatic heterocycles. The summed E-state index contributed by atoms with van der Waals surface area (Å²) in [5.41, 5.74) is 0. The largest absolute Gasteiger partial charge is 0.382 e. The first kappa shape index (κ1) is 15.3. The topological polar surface area (TPSA) is 56.8 Å². The van der Waals surface area contributed by atoms with E-state index >= 15 is 0 Å². The van der Waals surface area contributed by atoms with Crippen LogP contribution in [0.5, 0.6) is 0 Å². The minimum atomic E-state index is -0.0183. The van der Waals surface area contributed by atoms with Crippen molar-refractivity contribution in [2.45, 2.75) is 25.9 Å². The van der Waals surface area contributed by atoms with Gasteiger partial charge in [0.25, 0.3) is 0 Å². The summed E-state index contributed by atoms with van der Waals surface area (Å²) >= 11 is 0. The van der Waals surface area contributed by atoms with Gasteiger partial charge in [0, 0.05) is 33.8 Å². The number of carbonyl (C=O) groups is 1. The summed E-state index contributed by atoms with van der Waals surface area (Å²) in [6.45, 7) is 4.16. The predicted octanol–water partition coefficient (Wildman–Crippen LogP) is 0.581. The maximum absolute atomic E-state index is 10.9. The number of carbonyl (C=O) groups excluding carboxylic acids is 1. The lowest BCUT2D eigenvalue weighted by Gasteiger charge is -2.14. The zero-order valence-corrected chi connectivity index (χ0v) is 10.5. The number of hydrogen-bond acceptors (Lipinski definition) is 4. The van der Waals surface area contributed by atoms with Crippen LogP contribution in [0.4, 0.5) is 0 Å². The highest BCUT2D eigenvalue weighted by Crippen LogP contribution is 1.93. The van der Waals surface area contributed by atoms with E-state index in [9.17, 15) is 4.79 Å². The smallest absolute Gasteiger partial charge is 0.219 e. The summed E-state index contributed by atoms with van der Waals surface area (Å²) in [5, 5.41) is 2.78. The van der Waals surface area contributed by atoms with Gasteiger partial charge >= 0.3 is 0 Å². The maximum Gasteiger partial charge on any atom is 0.219 e. The minimum absolute atomic E-state index is 0.0183. The van der Waals surface area contributed by atoms with Crippen LogP contribution in [0.2, 0.25) is 0 Å². The van der Waals surface area contributed by atoms with Gasteiger partial charge in [0.15, 0.2) is 0 Å². The zero-order chi connectivity index (χ0) is 12.2. The molecular formula is C11H23NO4. The summed E-state index contributed by atoms with van der Waals surface area (Å²) < 4.78 is 15.5. The van der Waals surface area contributed by atoms with E-state index in [4.69, 9.17) is 14.2 Å². The van der Waals surface area contributed by atoms with Crippen LogP contribution in [0.15, 0.2) is 0 Å². The second kappa shape index (κ2) is 10.9. The molecule has 1 unspecified atom stereocenters. The maximum atomic E-state index is 10.9. The van der Waals surface area contributed by atoms with Crippen LogP contribution in [-0.2, 0) is 19.0 Å². The summed E-state index contributed by atoms with van der Waals surface area (Å²) in [6.07, 6.45) is 1.32. The predicted molar refractivity (Wildman–Crippen MR) is 61.4 cm³/mol. The van der Waals surface area contributed by atoms with Crippen molar-refractivity contribution in [1.29, 1.82) is 0 Å². The molecule has 1 atom stereocenters. The van der Waals surface area contributed by atoms with Crippen LogP contribution in [0, 0.1) is 0 Å². The molecule has 0 rings (SSSR count). The quantitative estimate of drug-likeness (QED) is 0.561. The van der Waals surface area contributed by atoms with Crippen molar-refractivity contribution >= 4 is 5.91 Å². The summed E-state index contributed by atoms with van der Waals surface area (Å²) in [4.78, 5) is 10.9. The number of nitrogens with one attached hydrogen (secondary N) is 1. The lowest BCUT2D eigenvalue weighted by atomic mass is 10.4. The molecule has 0 aromatic carbocycles. The Labute approximate surface area is 97.4 Å². The first-order valence-electron chi connectivity index (χ1n) is 5.60. The molecule has 0 fully saturated rings. The molecule has 0 aromatic rings. The summed E-state index contributed by atoms with van der Waals surface area (Å²) in [7, 11) is 3.26. The van der Waals surface area contributed by atoms with Gasteiger partial charge in [-0.1, -0.05) is 6.92 Å². The number of ether oxygens (including phenoxy) is 3. The SMILES string of the molecule is CCC(=O)NCCCOCC(COC)OC. The minimum Gasteiger partial charge on any atom is -0.382 e. The van der Waals surface area contributed by atoms with Gasteiger partial charge in [-0.05, 0) is 6.42 Å². The van der Waals surface area contributed by atoms with E-state index < -0.39 is 0 Å². The van der Waals surface area contributed by atoms with Crippen molar-refractivity contribution in [2.75, 3.05) is 40.6 Å². The molecule has 5 heteroatoms. The fourth-order valence-corrected chi connectivity index (χ4v) is 1.11. The van der Waals surface area contributed by atoms with Crippen LogP contribution < -0.4 is 5.32 Å². The van der Waals surface area contributed by atoms with Crippen LogP contribution in [0.3, 0.4) is 0 Å². The van der Waals surface area contributed by atoms with Gasteiger partial charge in [-0.3, -0.25) is 4.79 Å². The molecule has 0 spiro atoms. The van der Waals surface area contributed by atoms with Gasteiger partial charge in [-0.15, -0.1) is 0 Å². The van der Waals surface area contributed by atoms with E-state index in [-0.39, 0.29) is 12.0 Å². The Morgan fingerprint density at radius 3 is 2.62 bits per heavy atom. The third kappa shape index (κ3) is 8.64. The highest BCUT2D eigenvalue weighted by Gasteiger charge is 2.06. The standard InChI is InChI=1S/C11H23NO4/c1-4-11(13)12-6-5-7-16-9-10(15-3)8-14-2/h10H,4-9H2,1-3H3,(H,12,13). The highest BCUT2D eigenvalue weighted by atomic mass is 16.5. The van der Waals surface area contributed by atoms with E-state index in [0.717, 1.165) is 6.42 Å². The number of hydrogen-bond donors (Lipinski definition) is 1. The van der Waals surface area contributed by atoms with Gasteiger partial charge in [-0.25, -0.2) is 0 Å². The molecule has 0 saturated carbocycles. The van der Waals surface area contributed by atoms with Gasteiger partial charge in [-0.2, -0.15) is 0 Å². The first-order valence-corrected chi connectivity index (χ1v) is 5.60. The van der Waals surface area contributed by atoms with Crippen molar-refractivity contribution in [2.24, 2.45) is 0 Å². The van der Waals surface area contributed by atoms with Gasteiger partial charge in [0.1, 0.15) is 6.10 Å². The Kier molecular flexibility index (Phi) is 10.4. The Morgan fingerprint density at radius 1 is 1.31 bits per heavy atom. The van der Waals surface area contributed by atoms with Crippen molar-refractivity contribution in [3.63, 3.8) is 0 Å². The Hall–Kier alpha value is -0.650. The van der Waals surface area contributed by atoms with Crippen LogP contribution >= 0.6 is 0 Å². The number of rotatable bonds is 10. The highest BCUT2D eigenvalue weighted by molar-refractivity contribution is 5.75. The fourth-order valence-electron chi connectivity index (χ4n) is 1.11. The number of methoxy groups -OCH3 is 2. The van der Waals surface area contributed by atoms with Gasteiger partial charge < -0.3 is 19.5 Å². The van der Waals surface area contributed by atoms with E-state index in [1.807, 2.05) is 6.92 Å². The second-order valence-electron chi connectivity index (χ2n) is 3.45. The Balaban J connectivity index is 3.28. The molecule has 0 saturated heterocycles. The molecule has 16 heavy (non-hydrogen) atoms. The van der Waals surface area contributed by atoms with Crippen molar-refractivity contribution in [1.82, 2.24) is 5.32 Å².